The van der Waals surface area contributed by atoms with Crippen LogP contribution in [-0.4, -0.2) is 43.3 Å². The molecule has 0 aromatic rings. The Balaban J connectivity index is 2.73. The quantitative estimate of drug-likeness (QED) is 0.776. The highest BCUT2D eigenvalue weighted by Crippen LogP contribution is 2.36. The van der Waals surface area contributed by atoms with Gasteiger partial charge < -0.3 is 10.5 Å². The van der Waals surface area contributed by atoms with E-state index in [1.807, 2.05) is 0 Å². The standard InChI is InChI=1S/C14H30N2O/c1-5-16(10-13(3)17-4)14(11-15)8-6-7-12(2)9-14/h12-13H,5-11,15H2,1-4H3. The van der Waals surface area contributed by atoms with Crippen LogP contribution < -0.4 is 5.73 Å². The van der Waals surface area contributed by atoms with Crippen molar-refractivity contribution in [2.75, 3.05) is 26.7 Å². The van der Waals surface area contributed by atoms with Gasteiger partial charge in [-0.15, -0.1) is 0 Å². The number of nitrogens with two attached hydrogens (primary N) is 1. The van der Waals surface area contributed by atoms with Crippen LogP contribution in [-0.2, 0) is 4.74 Å². The van der Waals surface area contributed by atoms with Crippen molar-refractivity contribution in [2.45, 2.75) is 58.1 Å². The average molecular weight is 242 g/mol. The molecule has 1 fully saturated rings. The lowest BCUT2D eigenvalue weighted by molar-refractivity contribution is -0.00203. The van der Waals surface area contributed by atoms with Crippen molar-refractivity contribution >= 4 is 0 Å². The number of methoxy groups -OCH3 is 1. The lowest BCUT2D eigenvalue weighted by Gasteiger charge is -2.48. The number of ether oxygens (including phenoxy) is 1. The second kappa shape index (κ2) is 6.72. The summed E-state index contributed by atoms with van der Waals surface area (Å²) in [5.74, 6) is 0.805. The van der Waals surface area contributed by atoms with Crippen LogP contribution in [0.2, 0.25) is 0 Å². The maximum atomic E-state index is 6.11. The Kier molecular flexibility index (Phi) is 5.90. The monoisotopic (exact) mass is 242 g/mol. The van der Waals surface area contributed by atoms with Crippen molar-refractivity contribution in [1.82, 2.24) is 4.90 Å². The van der Waals surface area contributed by atoms with E-state index in [-0.39, 0.29) is 11.6 Å². The number of nitrogens with zero attached hydrogens (tertiary/aromatic N) is 1. The molecule has 17 heavy (non-hydrogen) atoms. The fourth-order valence-electron chi connectivity index (χ4n) is 3.28. The van der Waals surface area contributed by atoms with E-state index in [9.17, 15) is 0 Å². The van der Waals surface area contributed by atoms with E-state index in [2.05, 4.69) is 25.7 Å². The molecule has 0 radical (unpaired) electrons. The van der Waals surface area contributed by atoms with Crippen LogP contribution in [0.25, 0.3) is 0 Å². The minimum Gasteiger partial charge on any atom is -0.380 e. The lowest BCUT2D eigenvalue weighted by atomic mass is 9.75. The molecule has 0 aromatic heterocycles. The first kappa shape index (κ1) is 14.9. The second-order valence-electron chi connectivity index (χ2n) is 5.71. The molecule has 1 saturated carbocycles. The second-order valence-corrected chi connectivity index (χ2v) is 5.71. The minimum absolute atomic E-state index is 0.221. The van der Waals surface area contributed by atoms with Gasteiger partial charge in [-0.3, -0.25) is 4.90 Å². The molecule has 3 heteroatoms. The van der Waals surface area contributed by atoms with Crippen LogP contribution in [0.5, 0.6) is 0 Å². The fourth-order valence-corrected chi connectivity index (χ4v) is 3.28. The van der Waals surface area contributed by atoms with Crippen molar-refractivity contribution in [3.63, 3.8) is 0 Å². The molecule has 3 atom stereocenters. The first-order valence-electron chi connectivity index (χ1n) is 7.06. The third kappa shape index (κ3) is 3.67. The Labute approximate surface area is 107 Å². The highest BCUT2D eigenvalue weighted by molar-refractivity contribution is 4.96. The summed E-state index contributed by atoms with van der Waals surface area (Å²) in [6.45, 7) is 9.57. The summed E-state index contributed by atoms with van der Waals surface area (Å²) in [4.78, 5) is 2.55. The van der Waals surface area contributed by atoms with Crippen molar-refractivity contribution in [3.05, 3.63) is 0 Å². The zero-order chi connectivity index (χ0) is 12.9. The first-order valence-corrected chi connectivity index (χ1v) is 7.06. The highest BCUT2D eigenvalue weighted by Gasteiger charge is 2.38. The predicted octanol–water partition coefficient (Wildman–Crippen LogP) is 2.25. The van der Waals surface area contributed by atoms with Gasteiger partial charge in [-0.25, -0.2) is 0 Å². The summed E-state index contributed by atoms with van der Waals surface area (Å²) in [5.41, 5.74) is 6.33. The van der Waals surface area contributed by atoms with Crippen LogP contribution in [0.4, 0.5) is 0 Å². The van der Waals surface area contributed by atoms with Gasteiger partial charge in [-0.2, -0.15) is 0 Å². The summed E-state index contributed by atoms with van der Waals surface area (Å²) in [5, 5.41) is 0. The van der Waals surface area contributed by atoms with Crippen LogP contribution in [0.3, 0.4) is 0 Å². The van der Waals surface area contributed by atoms with Crippen LogP contribution >= 0.6 is 0 Å². The van der Waals surface area contributed by atoms with Gasteiger partial charge in [-0.1, -0.05) is 26.7 Å². The van der Waals surface area contributed by atoms with E-state index in [0.717, 1.165) is 25.6 Å². The minimum atomic E-state index is 0.221. The van der Waals surface area contributed by atoms with Gasteiger partial charge in [0, 0.05) is 25.7 Å². The third-order valence-electron chi connectivity index (χ3n) is 4.38. The molecule has 0 saturated heterocycles. The molecule has 1 rings (SSSR count). The largest absolute Gasteiger partial charge is 0.380 e. The number of rotatable bonds is 6. The molecule has 3 nitrogen and oxygen atoms in total. The molecular weight excluding hydrogens is 212 g/mol. The Morgan fingerprint density at radius 2 is 2.24 bits per heavy atom. The molecule has 102 valence electrons. The van der Waals surface area contributed by atoms with E-state index in [0.29, 0.717) is 0 Å². The summed E-state index contributed by atoms with van der Waals surface area (Å²) in [6, 6.07) is 0. The predicted molar refractivity (Wildman–Crippen MR) is 73.1 cm³/mol. The van der Waals surface area contributed by atoms with Crippen molar-refractivity contribution < 1.29 is 4.74 Å². The van der Waals surface area contributed by atoms with Crippen LogP contribution in [0.15, 0.2) is 0 Å². The zero-order valence-corrected chi connectivity index (χ0v) is 12.0. The Hall–Kier alpha value is -0.120. The first-order chi connectivity index (χ1) is 8.07. The number of likely N-dealkylation sites (N-methyl/N-ethyl adjacent to an activating group) is 1. The molecule has 0 aliphatic heterocycles. The summed E-state index contributed by atoms with van der Waals surface area (Å²) < 4.78 is 5.41. The van der Waals surface area contributed by atoms with E-state index in [1.165, 1.54) is 25.7 Å². The normalized spacial score (nSPS) is 31.8. The highest BCUT2D eigenvalue weighted by atomic mass is 16.5. The van der Waals surface area contributed by atoms with E-state index in [1.54, 1.807) is 7.11 Å². The average Bonchev–Trinajstić information content (AvgIpc) is 2.35. The van der Waals surface area contributed by atoms with Gasteiger partial charge in [0.15, 0.2) is 0 Å². The Morgan fingerprint density at radius 3 is 2.71 bits per heavy atom. The van der Waals surface area contributed by atoms with Gasteiger partial charge in [0.05, 0.1) is 6.10 Å². The summed E-state index contributed by atoms with van der Waals surface area (Å²) >= 11 is 0. The maximum absolute atomic E-state index is 6.11. The van der Waals surface area contributed by atoms with Gasteiger partial charge in [-0.05, 0) is 32.2 Å². The molecule has 0 spiro atoms. The van der Waals surface area contributed by atoms with Crippen LogP contribution in [0.1, 0.15) is 46.5 Å². The summed E-state index contributed by atoms with van der Waals surface area (Å²) in [6.07, 6.45) is 5.46. The lowest BCUT2D eigenvalue weighted by Crippen LogP contribution is -2.57. The van der Waals surface area contributed by atoms with Crippen molar-refractivity contribution in [2.24, 2.45) is 11.7 Å². The topological polar surface area (TPSA) is 38.5 Å². The molecule has 0 bridgehead atoms. The Bertz CT molecular complexity index is 222. The molecule has 3 unspecified atom stereocenters. The van der Waals surface area contributed by atoms with Gasteiger partial charge in [0.2, 0.25) is 0 Å². The molecule has 1 aliphatic rings. The molecule has 0 amide bonds. The Morgan fingerprint density at radius 1 is 1.53 bits per heavy atom. The fraction of sp³-hybridized carbons (Fsp3) is 1.00. The SMILES string of the molecule is CCN(CC(C)OC)C1(CN)CCCC(C)C1. The molecule has 2 N–H and O–H groups in total. The number of hydrogen-bond acceptors (Lipinski definition) is 3. The third-order valence-corrected chi connectivity index (χ3v) is 4.38. The van der Waals surface area contributed by atoms with E-state index >= 15 is 0 Å². The van der Waals surface area contributed by atoms with E-state index in [4.69, 9.17) is 10.5 Å². The molecule has 1 aliphatic carbocycles. The van der Waals surface area contributed by atoms with Gasteiger partial charge in [0.25, 0.3) is 0 Å². The van der Waals surface area contributed by atoms with Crippen molar-refractivity contribution in [1.29, 1.82) is 0 Å². The van der Waals surface area contributed by atoms with E-state index < -0.39 is 0 Å². The zero-order valence-electron chi connectivity index (χ0n) is 12.0. The smallest absolute Gasteiger partial charge is 0.0670 e. The molecule has 0 heterocycles. The van der Waals surface area contributed by atoms with Crippen LogP contribution in [0, 0.1) is 5.92 Å². The molecule has 0 aromatic carbocycles. The van der Waals surface area contributed by atoms with Gasteiger partial charge in [0.1, 0.15) is 0 Å². The maximum Gasteiger partial charge on any atom is 0.0670 e. The number of hydrogen-bond donors (Lipinski definition) is 1. The van der Waals surface area contributed by atoms with Gasteiger partial charge >= 0.3 is 0 Å². The van der Waals surface area contributed by atoms with Crippen molar-refractivity contribution in [3.8, 4) is 0 Å². The summed E-state index contributed by atoms with van der Waals surface area (Å²) in [7, 11) is 1.79. The molecular formula is C14H30N2O.